The van der Waals surface area contributed by atoms with E-state index < -0.39 is 16.9 Å². The van der Waals surface area contributed by atoms with Gasteiger partial charge in [-0.3, -0.25) is 20.2 Å². The molecular weight excluding hydrogens is 327 g/mol. The van der Waals surface area contributed by atoms with Crippen molar-refractivity contribution in [2.45, 2.75) is 0 Å². The van der Waals surface area contributed by atoms with Gasteiger partial charge in [0.1, 0.15) is 18.1 Å². The second-order valence-electron chi connectivity index (χ2n) is 4.66. The van der Waals surface area contributed by atoms with Crippen LogP contribution in [-0.4, -0.2) is 34.6 Å². The molecular formula is C14H10N4NaO5+. The van der Waals surface area contributed by atoms with Gasteiger partial charge in [0.05, 0.1) is 11.1 Å². The number of urea groups is 1. The van der Waals surface area contributed by atoms with Gasteiger partial charge < -0.3 is 4.42 Å². The van der Waals surface area contributed by atoms with Crippen LogP contribution in [0.25, 0.3) is 11.3 Å². The van der Waals surface area contributed by atoms with E-state index in [1.165, 1.54) is 18.3 Å². The van der Waals surface area contributed by atoms with E-state index in [0.717, 1.165) is 5.01 Å². The van der Waals surface area contributed by atoms with Crippen LogP contribution in [0.3, 0.4) is 0 Å². The number of carbonyl (C=O) groups is 2. The third-order valence-electron chi connectivity index (χ3n) is 3.09. The number of nitrogens with zero attached hydrogens (tertiary/aromatic N) is 3. The van der Waals surface area contributed by atoms with Crippen LogP contribution >= 0.6 is 0 Å². The molecule has 1 aromatic carbocycles. The minimum absolute atomic E-state index is 0. The van der Waals surface area contributed by atoms with Crippen molar-refractivity contribution in [2.75, 3.05) is 6.54 Å². The number of furan rings is 1. The van der Waals surface area contributed by atoms with E-state index in [1.54, 1.807) is 24.3 Å². The molecule has 0 atom stereocenters. The number of benzene rings is 1. The predicted octanol–water partition coefficient (Wildman–Crippen LogP) is -1.26. The number of hydrogen-bond acceptors (Lipinski definition) is 6. The zero-order chi connectivity index (χ0) is 16.4. The van der Waals surface area contributed by atoms with Gasteiger partial charge in [0.15, 0.2) is 0 Å². The minimum atomic E-state index is -0.589. The molecule has 1 aliphatic heterocycles. The van der Waals surface area contributed by atoms with Crippen LogP contribution in [0.5, 0.6) is 0 Å². The number of hydrazone groups is 1. The van der Waals surface area contributed by atoms with Crippen molar-refractivity contribution in [1.29, 1.82) is 0 Å². The Morgan fingerprint density at radius 2 is 1.92 bits per heavy atom. The Balaban J connectivity index is 0.00000208. The summed E-state index contributed by atoms with van der Waals surface area (Å²) in [6.07, 6.45) is 1.31. The zero-order valence-corrected chi connectivity index (χ0v) is 14.6. The van der Waals surface area contributed by atoms with Crippen LogP contribution in [0.4, 0.5) is 10.5 Å². The molecule has 3 amide bonds. The summed E-state index contributed by atoms with van der Waals surface area (Å²) in [6, 6.07) is 8.63. The van der Waals surface area contributed by atoms with Crippen molar-refractivity contribution in [1.82, 2.24) is 10.3 Å². The Kier molecular flexibility index (Phi) is 5.50. The normalized spacial score (nSPS) is 13.9. The van der Waals surface area contributed by atoms with E-state index in [2.05, 4.69) is 10.4 Å². The average Bonchev–Trinajstić information content (AvgIpc) is 3.11. The van der Waals surface area contributed by atoms with Crippen molar-refractivity contribution in [3.8, 4) is 11.3 Å². The Morgan fingerprint density at radius 3 is 2.50 bits per heavy atom. The summed E-state index contributed by atoms with van der Waals surface area (Å²) in [7, 11) is 0. The van der Waals surface area contributed by atoms with Gasteiger partial charge >= 0.3 is 35.6 Å². The minimum Gasteiger partial charge on any atom is -0.455 e. The van der Waals surface area contributed by atoms with Gasteiger partial charge in [-0.1, -0.05) is 0 Å². The van der Waals surface area contributed by atoms with Crippen molar-refractivity contribution in [3.05, 3.63) is 52.3 Å². The summed E-state index contributed by atoms with van der Waals surface area (Å²) in [6.45, 7) is -0.134. The van der Waals surface area contributed by atoms with E-state index in [9.17, 15) is 19.7 Å². The second kappa shape index (κ2) is 7.39. The number of nitrogens with one attached hydrogen (secondary N) is 1. The third kappa shape index (κ3) is 3.88. The van der Waals surface area contributed by atoms with Crippen LogP contribution in [0.15, 0.2) is 45.9 Å². The Morgan fingerprint density at radius 1 is 1.21 bits per heavy atom. The Bertz CT molecular complexity index is 815. The largest absolute Gasteiger partial charge is 1.00 e. The number of hydrogen-bond donors (Lipinski definition) is 1. The zero-order valence-electron chi connectivity index (χ0n) is 12.6. The first-order valence-electron chi connectivity index (χ1n) is 6.53. The molecule has 2 heterocycles. The number of imide groups is 1. The summed E-state index contributed by atoms with van der Waals surface area (Å²) in [5.41, 5.74) is 0.663. The van der Waals surface area contributed by atoms with Crippen molar-refractivity contribution < 1.29 is 48.5 Å². The standard InChI is InChI=1S/C14H10N4O5.Na/c19-13-8-17(14(20)16-13)15-7-11-5-6-12(23-11)9-1-3-10(4-2-9)18(21)22;/h1-7H,8H2,(H,16,19,20);/q;+1. The van der Waals surface area contributed by atoms with Gasteiger partial charge in [-0.15, -0.1) is 0 Å². The number of carbonyl (C=O) groups excluding carboxylic acids is 2. The predicted molar refractivity (Wildman–Crippen MR) is 78.6 cm³/mol. The van der Waals surface area contributed by atoms with Crippen LogP contribution in [0.1, 0.15) is 5.76 Å². The summed E-state index contributed by atoms with van der Waals surface area (Å²) in [5, 5.41) is 17.6. The molecule has 0 radical (unpaired) electrons. The SMILES string of the molecule is O=C1CN(N=Cc2ccc(-c3ccc([N+](=O)[O-])cc3)o2)C(=O)N1.[Na+]. The number of nitro benzene ring substituents is 1. The van der Waals surface area contributed by atoms with Crippen LogP contribution in [-0.2, 0) is 4.79 Å². The summed E-state index contributed by atoms with van der Waals surface area (Å²) < 4.78 is 5.53. The molecule has 1 aliphatic rings. The third-order valence-corrected chi connectivity index (χ3v) is 3.09. The van der Waals surface area contributed by atoms with Gasteiger partial charge in [-0.2, -0.15) is 5.10 Å². The molecule has 10 heteroatoms. The molecule has 1 saturated heterocycles. The maximum atomic E-state index is 11.3. The van der Waals surface area contributed by atoms with Gasteiger partial charge in [-0.05, 0) is 24.3 Å². The molecule has 116 valence electrons. The van der Waals surface area contributed by atoms with Crippen molar-refractivity contribution >= 4 is 23.8 Å². The molecule has 0 saturated carbocycles. The number of amides is 3. The van der Waals surface area contributed by atoms with Crippen LogP contribution in [0.2, 0.25) is 0 Å². The molecule has 0 bridgehead atoms. The maximum Gasteiger partial charge on any atom is 1.00 e. The Hall–Kier alpha value is -2.49. The van der Waals surface area contributed by atoms with Crippen LogP contribution in [0, 0.1) is 10.1 Å². The van der Waals surface area contributed by atoms with Crippen molar-refractivity contribution in [3.63, 3.8) is 0 Å². The van der Waals surface area contributed by atoms with E-state index >= 15 is 0 Å². The van der Waals surface area contributed by atoms with Crippen molar-refractivity contribution in [2.24, 2.45) is 5.10 Å². The molecule has 0 spiro atoms. The van der Waals surface area contributed by atoms with E-state index in [0.29, 0.717) is 17.1 Å². The topological polar surface area (TPSA) is 118 Å². The quantitative estimate of drug-likeness (QED) is 0.246. The monoisotopic (exact) mass is 337 g/mol. The molecule has 1 N–H and O–H groups in total. The number of rotatable bonds is 4. The first kappa shape index (κ1) is 17.9. The molecule has 0 unspecified atom stereocenters. The fraction of sp³-hybridized carbons (Fsp3) is 0.0714. The molecule has 0 aliphatic carbocycles. The number of non-ortho nitro benzene ring substituents is 1. The molecule has 24 heavy (non-hydrogen) atoms. The summed E-state index contributed by atoms with van der Waals surface area (Å²) >= 11 is 0. The number of nitro groups is 1. The summed E-state index contributed by atoms with van der Waals surface area (Å²) in [4.78, 5) is 32.5. The first-order chi connectivity index (χ1) is 11.0. The van der Waals surface area contributed by atoms with Crippen LogP contribution < -0.4 is 34.9 Å². The van der Waals surface area contributed by atoms with E-state index in [-0.39, 0.29) is 41.8 Å². The first-order valence-corrected chi connectivity index (χ1v) is 6.53. The van der Waals surface area contributed by atoms with Gasteiger partial charge in [0.2, 0.25) is 5.91 Å². The fourth-order valence-electron chi connectivity index (χ4n) is 1.98. The van der Waals surface area contributed by atoms with Gasteiger partial charge in [-0.25, -0.2) is 9.80 Å². The molecule has 3 rings (SSSR count). The molecule has 2 aromatic rings. The van der Waals surface area contributed by atoms with Gasteiger partial charge in [0.25, 0.3) is 5.69 Å². The fourth-order valence-corrected chi connectivity index (χ4v) is 1.98. The summed E-state index contributed by atoms with van der Waals surface area (Å²) in [5.74, 6) is 0.465. The maximum absolute atomic E-state index is 11.3. The molecule has 1 fully saturated rings. The Labute approximate surface area is 157 Å². The molecule has 1 aromatic heterocycles. The van der Waals surface area contributed by atoms with Gasteiger partial charge in [0, 0.05) is 17.7 Å². The average molecular weight is 337 g/mol. The smallest absolute Gasteiger partial charge is 0.455 e. The molecule has 9 nitrogen and oxygen atoms in total. The second-order valence-corrected chi connectivity index (χ2v) is 4.66. The van der Waals surface area contributed by atoms with E-state index in [1.807, 2.05) is 0 Å². The van der Waals surface area contributed by atoms with E-state index in [4.69, 9.17) is 4.42 Å².